The molecule has 1 fully saturated rings. The van der Waals surface area contributed by atoms with Gasteiger partial charge in [-0.3, -0.25) is 9.69 Å². The molecule has 1 aromatic carbocycles. The first-order chi connectivity index (χ1) is 9.06. The zero-order valence-corrected chi connectivity index (χ0v) is 11.4. The summed E-state index contributed by atoms with van der Waals surface area (Å²) in [5.74, 6) is -0.413. The summed E-state index contributed by atoms with van der Waals surface area (Å²) in [6, 6.07) is 5.13. The van der Waals surface area contributed by atoms with Crippen molar-refractivity contribution in [3.63, 3.8) is 0 Å². The van der Waals surface area contributed by atoms with Crippen LogP contribution in [0.25, 0.3) is 0 Å². The van der Waals surface area contributed by atoms with Gasteiger partial charge in [-0.1, -0.05) is 6.07 Å². The van der Waals surface area contributed by atoms with Crippen LogP contribution in [0.5, 0.6) is 0 Å². The summed E-state index contributed by atoms with van der Waals surface area (Å²) in [4.78, 5) is 13.9. The molecular weight excluding hydrogens is 245 g/mol. The molecule has 1 aromatic rings. The lowest BCUT2D eigenvalue weighted by molar-refractivity contribution is -0.117. The number of nitrogens with one attached hydrogen (secondary N) is 2. The van der Waals surface area contributed by atoms with Crippen molar-refractivity contribution in [1.82, 2.24) is 10.2 Å². The van der Waals surface area contributed by atoms with Crippen LogP contribution < -0.4 is 10.6 Å². The number of amides is 1. The van der Waals surface area contributed by atoms with Crippen LogP contribution >= 0.6 is 0 Å². The average molecular weight is 265 g/mol. The minimum absolute atomic E-state index is 0.113. The molecule has 0 bridgehead atoms. The van der Waals surface area contributed by atoms with E-state index in [9.17, 15) is 9.18 Å². The van der Waals surface area contributed by atoms with Crippen LogP contribution in [-0.4, -0.2) is 43.5 Å². The maximum absolute atomic E-state index is 13.4. The number of rotatable bonds is 4. The Bertz CT molecular complexity index is 458. The van der Waals surface area contributed by atoms with Gasteiger partial charge in [0.2, 0.25) is 5.91 Å². The lowest BCUT2D eigenvalue weighted by Crippen LogP contribution is -2.39. The van der Waals surface area contributed by atoms with Gasteiger partial charge in [-0.25, -0.2) is 4.39 Å². The van der Waals surface area contributed by atoms with Crippen molar-refractivity contribution < 1.29 is 9.18 Å². The molecule has 0 aliphatic carbocycles. The summed E-state index contributed by atoms with van der Waals surface area (Å²) in [5, 5.41) is 5.99. The minimum atomic E-state index is -0.300. The Morgan fingerprint density at radius 2 is 2.37 bits per heavy atom. The van der Waals surface area contributed by atoms with Crippen LogP contribution in [0.3, 0.4) is 0 Å². The second kappa shape index (κ2) is 6.12. The lowest BCUT2D eigenvalue weighted by atomic mass is 10.2. The third kappa shape index (κ3) is 3.75. The van der Waals surface area contributed by atoms with E-state index < -0.39 is 0 Å². The van der Waals surface area contributed by atoms with Gasteiger partial charge in [0.05, 0.1) is 6.54 Å². The molecule has 4 nitrogen and oxygen atoms in total. The number of anilines is 1. The normalized spacial score (nSPS) is 18.8. The molecule has 19 heavy (non-hydrogen) atoms. The first-order valence-electron chi connectivity index (χ1n) is 6.53. The molecule has 1 unspecified atom stereocenters. The van der Waals surface area contributed by atoms with Crippen LogP contribution in [0.15, 0.2) is 18.2 Å². The van der Waals surface area contributed by atoms with Crippen molar-refractivity contribution in [2.75, 3.05) is 32.0 Å². The third-order valence-corrected chi connectivity index (χ3v) is 3.51. The van der Waals surface area contributed by atoms with Crippen LogP contribution in [0.4, 0.5) is 10.1 Å². The molecule has 0 saturated carbocycles. The molecule has 1 atom stereocenters. The van der Waals surface area contributed by atoms with Gasteiger partial charge in [0.15, 0.2) is 0 Å². The van der Waals surface area contributed by atoms with Gasteiger partial charge >= 0.3 is 0 Å². The Kier molecular flexibility index (Phi) is 4.50. The summed E-state index contributed by atoms with van der Waals surface area (Å²) in [7, 11) is 1.94. The zero-order valence-electron chi connectivity index (χ0n) is 11.4. The number of hydrogen-bond acceptors (Lipinski definition) is 3. The van der Waals surface area contributed by atoms with Gasteiger partial charge < -0.3 is 10.6 Å². The molecule has 1 aliphatic rings. The summed E-state index contributed by atoms with van der Waals surface area (Å²) in [5.41, 5.74) is 1.08. The van der Waals surface area contributed by atoms with Crippen LogP contribution in [0.2, 0.25) is 0 Å². The Morgan fingerprint density at radius 3 is 3.00 bits per heavy atom. The number of benzene rings is 1. The quantitative estimate of drug-likeness (QED) is 0.864. The van der Waals surface area contributed by atoms with Crippen LogP contribution in [0.1, 0.15) is 12.0 Å². The Morgan fingerprint density at radius 1 is 1.58 bits per heavy atom. The lowest BCUT2D eigenvalue weighted by Gasteiger charge is -2.22. The second-order valence-electron chi connectivity index (χ2n) is 5.07. The SMILES string of the molecule is Cc1ccc(NC(=O)CN(C)C2CCNC2)cc1F. The molecule has 1 saturated heterocycles. The molecule has 0 radical (unpaired) electrons. The zero-order chi connectivity index (χ0) is 13.8. The number of likely N-dealkylation sites (N-methyl/N-ethyl adjacent to an activating group) is 1. The Labute approximate surface area is 113 Å². The van der Waals surface area contributed by atoms with Gasteiger partial charge in [0, 0.05) is 18.3 Å². The van der Waals surface area contributed by atoms with Gasteiger partial charge in [-0.05, 0) is 44.6 Å². The highest BCUT2D eigenvalue weighted by Crippen LogP contribution is 2.13. The van der Waals surface area contributed by atoms with Crippen LogP contribution in [-0.2, 0) is 4.79 Å². The fourth-order valence-corrected chi connectivity index (χ4v) is 2.24. The highest BCUT2D eigenvalue weighted by molar-refractivity contribution is 5.92. The van der Waals surface area contributed by atoms with Crippen LogP contribution in [0, 0.1) is 12.7 Å². The topological polar surface area (TPSA) is 44.4 Å². The number of carbonyl (C=O) groups excluding carboxylic acids is 1. The highest BCUT2D eigenvalue weighted by atomic mass is 19.1. The third-order valence-electron chi connectivity index (χ3n) is 3.51. The smallest absolute Gasteiger partial charge is 0.238 e. The van der Waals surface area contributed by atoms with E-state index >= 15 is 0 Å². The van der Waals surface area contributed by atoms with Crippen molar-refractivity contribution in [2.24, 2.45) is 0 Å². The van der Waals surface area contributed by atoms with Crippen molar-refractivity contribution in [1.29, 1.82) is 0 Å². The van der Waals surface area contributed by atoms with Crippen molar-refractivity contribution in [2.45, 2.75) is 19.4 Å². The predicted octanol–water partition coefficient (Wildman–Crippen LogP) is 1.37. The predicted molar refractivity (Wildman–Crippen MR) is 73.7 cm³/mol. The van der Waals surface area contributed by atoms with Gasteiger partial charge in [0.1, 0.15) is 5.82 Å². The molecule has 1 aliphatic heterocycles. The summed E-state index contributed by atoms with van der Waals surface area (Å²) in [6.07, 6.45) is 1.06. The molecule has 5 heteroatoms. The Hall–Kier alpha value is -1.46. The number of carbonyl (C=O) groups is 1. The summed E-state index contributed by atoms with van der Waals surface area (Å²) >= 11 is 0. The van der Waals surface area contributed by atoms with Gasteiger partial charge in [-0.15, -0.1) is 0 Å². The van der Waals surface area contributed by atoms with Crippen molar-refractivity contribution in [3.05, 3.63) is 29.6 Å². The second-order valence-corrected chi connectivity index (χ2v) is 5.07. The van der Waals surface area contributed by atoms with E-state index in [4.69, 9.17) is 0 Å². The molecule has 0 spiro atoms. The van der Waals surface area contributed by atoms with Gasteiger partial charge in [-0.2, -0.15) is 0 Å². The van der Waals surface area contributed by atoms with E-state index in [1.165, 1.54) is 6.07 Å². The van der Waals surface area contributed by atoms with E-state index in [-0.39, 0.29) is 11.7 Å². The molecule has 1 heterocycles. The van der Waals surface area contributed by atoms with E-state index in [1.807, 2.05) is 11.9 Å². The first kappa shape index (κ1) is 14.0. The molecular formula is C14H20FN3O. The number of hydrogen-bond donors (Lipinski definition) is 2. The monoisotopic (exact) mass is 265 g/mol. The largest absolute Gasteiger partial charge is 0.325 e. The average Bonchev–Trinajstić information content (AvgIpc) is 2.87. The number of halogens is 1. The summed E-state index contributed by atoms with van der Waals surface area (Å²) < 4.78 is 13.4. The summed E-state index contributed by atoms with van der Waals surface area (Å²) in [6.45, 7) is 3.94. The molecule has 2 rings (SSSR count). The molecule has 1 amide bonds. The maximum Gasteiger partial charge on any atom is 0.238 e. The number of nitrogens with zero attached hydrogens (tertiary/aromatic N) is 1. The minimum Gasteiger partial charge on any atom is -0.325 e. The number of aryl methyl sites for hydroxylation is 1. The standard InChI is InChI=1S/C14H20FN3O/c1-10-3-4-11(7-13(10)15)17-14(19)9-18(2)12-5-6-16-8-12/h3-4,7,12,16H,5-6,8-9H2,1-2H3,(H,17,19). The van der Waals surface area contributed by atoms with Gasteiger partial charge in [0.25, 0.3) is 0 Å². The fourth-order valence-electron chi connectivity index (χ4n) is 2.24. The van der Waals surface area contributed by atoms with Crippen molar-refractivity contribution in [3.8, 4) is 0 Å². The Balaban J connectivity index is 1.88. The van der Waals surface area contributed by atoms with E-state index in [0.717, 1.165) is 19.5 Å². The molecule has 2 N–H and O–H groups in total. The molecule has 0 aromatic heterocycles. The molecule has 104 valence electrons. The van der Waals surface area contributed by atoms with E-state index in [1.54, 1.807) is 19.1 Å². The maximum atomic E-state index is 13.4. The highest BCUT2D eigenvalue weighted by Gasteiger charge is 2.20. The van der Waals surface area contributed by atoms with E-state index in [0.29, 0.717) is 23.8 Å². The fraction of sp³-hybridized carbons (Fsp3) is 0.500. The van der Waals surface area contributed by atoms with Crippen molar-refractivity contribution >= 4 is 11.6 Å². The van der Waals surface area contributed by atoms with E-state index in [2.05, 4.69) is 10.6 Å². The first-order valence-corrected chi connectivity index (χ1v) is 6.53.